The first-order valence-electron chi connectivity index (χ1n) is 7.36. The Labute approximate surface area is 124 Å². The molecule has 0 saturated carbocycles. The maximum absolute atomic E-state index is 12.4. The van der Waals surface area contributed by atoms with Crippen LogP contribution >= 0.6 is 11.3 Å². The lowest BCUT2D eigenvalue weighted by atomic mass is 10.2. The van der Waals surface area contributed by atoms with Crippen LogP contribution in [0.3, 0.4) is 0 Å². The summed E-state index contributed by atoms with van der Waals surface area (Å²) in [7, 11) is 0. The first-order chi connectivity index (χ1) is 9.74. The van der Waals surface area contributed by atoms with Gasteiger partial charge in [-0.15, -0.1) is 11.3 Å². The summed E-state index contributed by atoms with van der Waals surface area (Å²) in [6.45, 7) is 3.54. The highest BCUT2D eigenvalue weighted by atomic mass is 32.1. The average molecular weight is 294 g/mol. The molecule has 2 amide bonds. The van der Waals surface area contributed by atoms with Crippen molar-refractivity contribution in [1.29, 1.82) is 0 Å². The number of hydrogen-bond donors (Lipinski definition) is 1. The van der Waals surface area contributed by atoms with Crippen LogP contribution in [0.5, 0.6) is 0 Å². The summed E-state index contributed by atoms with van der Waals surface area (Å²) in [5.74, 6) is -0.00489. The molecule has 2 rings (SSSR count). The van der Waals surface area contributed by atoms with Gasteiger partial charge in [0.15, 0.2) is 0 Å². The number of carbonyl (C=O) groups excluding carboxylic acids is 2. The number of nitrogens with zero attached hydrogens (tertiary/aromatic N) is 1. The minimum absolute atomic E-state index is 0.00325. The van der Waals surface area contributed by atoms with Crippen molar-refractivity contribution in [2.45, 2.75) is 45.1 Å². The van der Waals surface area contributed by atoms with Gasteiger partial charge in [0, 0.05) is 13.1 Å². The number of carbonyl (C=O) groups is 2. The number of thiophene rings is 1. The molecule has 0 bridgehead atoms. The van der Waals surface area contributed by atoms with Crippen LogP contribution in [0.25, 0.3) is 0 Å². The number of nitrogens with one attached hydrogen (secondary N) is 1. The van der Waals surface area contributed by atoms with Gasteiger partial charge in [-0.1, -0.05) is 25.8 Å². The van der Waals surface area contributed by atoms with Gasteiger partial charge in [-0.2, -0.15) is 0 Å². The van der Waals surface area contributed by atoms with Crippen LogP contribution in [0.2, 0.25) is 0 Å². The standard InChI is InChI=1S/C15H22N2O2S/c1-2-3-4-9-16-14(18)12-7-5-10-17(12)15(19)13-8-6-11-20-13/h6,8,11-12H,2-5,7,9-10H2,1H3,(H,16,18). The van der Waals surface area contributed by atoms with Crippen molar-refractivity contribution in [2.75, 3.05) is 13.1 Å². The Morgan fingerprint density at radius 3 is 3.00 bits per heavy atom. The molecule has 0 aromatic carbocycles. The Morgan fingerprint density at radius 2 is 2.30 bits per heavy atom. The molecule has 1 saturated heterocycles. The topological polar surface area (TPSA) is 49.4 Å². The van der Waals surface area contributed by atoms with Gasteiger partial charge >= 0.3 is 0 Å². The summed E-state index contributed by atoms with van der Waals surface area (Å²) in [5, 5.41) is 4.85. The summed E-state index contributed by atoms with van der Waals surface area (Å²) >= 11 is 1.43. The molecule has 20 heavy (non-hydrogen) atoms. The van der Waals surface area contributed by atoms with Gasteiger partial charge in [0.1, 0.15) is 6.04 Å². The third-order valence-electron chi connectivity index (χ3n) is 3.63. The third kappa shape index (κ3) is 3.60. The highest BCUT2D eigenvalue weighted by Crippen LogP contribution is 2.22. The predicted molar refractivity (Wildman–Crippen MR) is 80.9 cm³/mol. The Hall–Kier alpha value is -1.36. The van der Waals surface area contributed by atoms with E-state index < -0.39 is 0 Å². The second-order valence-corrected chi connectivity index (χ2v) is 6.08. The first kappa shape index (κ1) is 15.0. The molecule has 0 spiro atoms. The van der Waals surface area contributed by atoms with Crippen molar-refractivity contribution in [3.05, 3.63) is 22.4 Å². The van der Waals surface area contributed by atoms with Gasteiger partial charge in [-0.25, -0.2) is 0 Å². The summed E-state index contributed by atoms with van der Waals surface area (Å²) in [4.78, 5) is 27.0. The molecular weight excluding hydrogens is 272 g/mol. The lowest BCUT2D eigenvalue weighted by molar-refractivity contribution is -0.124. The van der Waals surface area contributed by atoms with Gasteiger partial charge in [-0.3, -0.25) is 9.59 Å². The van der Waals surface area contributed by atoms with Gasteiger partial charge in [0.05, 0.1) is 4.88 Å². The van der Waals surface area contributed by atoms with Gasteiger partial charge in [0.25, 0.3) is 5.91 Å². The van der Waals surface area contributed by atoms with E-state index in [1.165, 1.54) is 11.3 Å². The van der Waals surface area contributed by atoms with Crippen LogP contribution < -0.4 is 5.32 Å². The van der Waals surface area contributed by atoms with Crippen molar-refractivity contribution in [3.8, 4) is 0 Å². The molecule has 1 atom stereocenters. The predicted octanol–water partition coefficient (Wildman–Crippen LogP) is 2.66. The molecule has 1 aliphatic rings. The summed E-state index contributed by atoms with van der Waals surface area (Å²) in [5.41, 5.74) is 0. The van der Waals surface area contributed by atoms with E-state index in [-0.39, 0.29) is 17.9 Å². The second kappa shape index (κ2) is 7.43. The van der Waals surface area contributed by atoms with E-state index >= 15 is 0 Å². The zero-order valence-electron chi connectivity index (χ0n) is 11.9. The van der Waals surface area contributed by atoms with E-state index in [2.05, 4.69) is 12.2 Å². The fourth-order valence-corrected chi connectivity index (χ4v) is 3.21. The lowest BCUT2D eigenvalue weighted by Crippen LogP contribution is -2.46. The molecule has 5 heteroatoms. The minimum Gasteiger partial charge on any atom is -0.354 e. The van der Waals surface area contributed by atoms with Crippen LogP contribution in [-0.4, -0.2) is 35.8 Å². The SMILES string of the molecule is CCCCCNC(=O)C1CCCN1C(=O)c1cccs1. The molecule has 1 unspecified atom stereocenters. The molecular formula is C15H22N2O2S. The minimum atomic E-state index is -0.286. The normalized spacial score (nSPS) is 18.2. The number of hydrogen-bond acceptors (Lipinski definition) is 3. The summed E-state index contributed by atoms with van der Waals surface area (Å²) < 4.78 is 0. The van der Waals surface area contributed by atoms with E-state index in [4.69, 9.17) is 0 Å². The second-order valence-electron chi connectivity index (χ2n) is 5.13. The molecule has 1 aromatic rings. The number of likely N-dealkylation sites (tertiary alicyclic amines) is 1. The van der Waals surface area contributed by atoms with Crippen molar-refractivity contribution < 1.29 is 9.59 Å². The first-order valence-corrected chi connectivity index (χ1v) is 8.24. The van der Waals surface area contributed by atoms with Crippen molar-refractivity contribution in [2.24, 2.45) is 0 Å². The number of unbranched alkanes of at least 4 members (excludes halogenated alkanes) is 2. The maximum atomic E-state index is 12.4. The average Bonchev–Trinajstić information content (AvgIpc) is 3.12. The highest BCUT2D eigenvalue weighted by molar-refractivity contribution is 7.12. The fraction of sp³-hybridized carbons (Fsp3) is 0.600. The van der Waals surface area contributed by atoms with Gasteiger partial charge in [-0.05, 0) is 30.7 Å². The Bertz CT molecular complexity index is 445. The Morgan fingerprint density at radius 1 is 1.45 bits per heavy atom. The lowest BCUT2D eigenvalue weighted by Gasteiger charge is -2.23. The molecule has 110 valence electrons. The van der Waals surface area contributed by atoms with Crippen LogP contribution in [0.15, 0.2) is 17.5 Å². The molecule has 1 fully saturated rings. The van der Waals surface area contributed by atoms with E-state index in [9.17, 15) is 9.59 Å². The quantitative estimate of drug-likeness (QED) is 0.820. The maximum Gasteiger partial charge on any atom is 0.264 e. The van der Waals surface area contributed by atoms with Crippen LogP contribution in [0, 0.1) is 0 Å². The summed E-state index contributed by atoms with van der Waals surface area (Å²) in [6.07, 6.45) is 4.96. The molecule has 4 nitrogen and oxygen atoms in total. The molecule has 1 N–H and O–H groups in total. The largest absolute Gasteiger partial charge is 0.354 e. The molecule has 2 heterocycles. The van der Waals surface area contributed by atoms with Crippen LogP contribution in [0.1, 0.15) is 48.7 Å². The third-order valence-corrected chi connectivity index (χ3v) is 4.49. The Balaban J connectivity index is 1.90. The van der Waals surface area contributed by atoms with E-state index in [1.807, 2.05) is 17.5 Å². The van der Waals surface area contributed by atoms with E-state index in [0.717, 1.165) is 37.0 Å². The van der Waals surface area contributed by atoms with Gasteiger partial charge in [0.2, 0.25) is 5.91 Å². The zero-order chi connectivity index (χ0) is 14.4. The Kier molecular flexibility index (Phi) is 5.59. The van der Waals surface area contributed by atoms with Crippen LogP contribution in [0.4, 0.5) is 0 Å². The van der Waals surface area contributed by atoms with E-state index in [1.54, 1.807) is 4.90 Å². The molecule has 1 aliphatic heterocycles. The van der Waals surface area contributed by atoms with Gasteiger partial charge < -0.3 is 10.2 Å². The smallest absolute Gasteiger partial charge is 0.264 e. The number of rotatable bonds is 6. The van der Waals surface area contributed by atoms with Crippen molar-refractivity contribution >= 4 is 23.2 Å². The summed E-state index contributed by atoms with van der Waals surface area (Å²) in [6, 6.07) is 3.40. The molecule has 0 radical (unpaired) electrons. The zero-order valence-corrected chi connectivity index (χ0v) is 12.7. The van der Waals surface area contributed by atoms with Crippen molar-refractivity contribution in [3.63, 3.8) is 0 Å². The fourth-order valence-electron chi connectivity index (χ4n) is 2.53. The van der Waals surface area contributed by atoms with Crippen molar-refractivity contribution in [1.82, 2.24) is 10.2 Å². The molecule has 0 aliphatic carbocycles. The number of amides is 2. The monoisotopic (exact) mass is 294 g/mol. The highest BCUT2D eigenvalue weighted by Gasteiger charge is 2.34. The van der Waals surface area contributed by atoms with E-state index in [0.29, 0.717) is 13.1 Å². The molecule has 1 aromatic heterocycles. The van der Waals surface area contributed by atoms with Crippen LogP contribution in [-0.2, 0) is 4.79 Å².